The van der Waals surface area contributed by atoms with Gasteiger partial charge < -0.3 is 0 Å². The molecule has 138 valence electrons. The third kappa shape index (κ3) is 2.26. The highest BCUT2D eigenvalue weighted by Crippen LogP contribution is 2.48. The SMILES string of the molecule is Cc1cc2ccc3c(ccc4cc(-c5sc6c(C)c(C)sc6c5C)sc43)c2s1. The number of fused-ring (bicyclic) bond motifs is 6. The zero-order valence-corrected chi connectivity index (χ0v) is 19.4. The molecular formula is C24H18S4. The first-order valence-corrected chi connectivity index (χ1v) is 12.6. The summed E-state index contributed by atoms with van der Waals surface area (Å²) < 4.78 is 5.80. The summed E-state index contributed by atoms with van der Waals surface area (Å²) in [7, 11) is 0. The standard InChI is InChI=1S/C24H18S4/c1-11-9-15-5-7-18-17(23(15)25-11)8-6-16-10-19(27-24(16)18)20-13(3)22-21(28-20)12(2)14(4)26-22/h5-10H,1-4H3. The molecule has 0 unspecified atom stereocenters. The van der Waals surface area contributed by atoms with Gasteiger partial charge in [0, 0.05) is 49.1 Å². The summed E-state index contributed by atoms with van der Waals surface area (Å²) in [5.74, 6) is 0. The fourth-order valence-corrected chi connectivity index (χ4v) is 9.22. The maximum absolute atomic E-state index is 2.40. The van der Waals surface area contributed by atoms with Gasteiger partial charge in [-0.3, -0.25) is 0 Å². The Hall–Kier alpha value is -1.72. The van der Waals surface area contributed by atoms with Crippen LogP contribution in [-0.4, -0.2) is 0 Å². The van der Waals surface area contributed by atoms with E-state index >= 15 is 0 Å². The van der Waals surface area contributed by atoms with Crippen molar-refractivity contribution in [3.05, 3.63) is 57.3 Å². The molecule has 0 bridgehead atoms. The van der Waals surface area contributed by atoms with Crippen LogP contribution in [0.1, 0.15) is 20.9 Å². The van der Waals surface area contributed by atoms with E-state index < -0.39 is 0 Å². The molecule has 0 nitrogen and oxygen atoms in total. The second kappa shape index (κ2) is 5.90. The summed E-state index contributed by atoms with van der Waals surface area (Å²) >= 11 is 7.79. The molecule has 0 spiro atoms. The molecule has 4 aromatic heterocycles. The second-order valence-corrected chi connectivity index (χ2v) is 12.1. The van der Waals surface area contributed by atoms with E-state index in [-0.39, 0.29) is 0 Å². The van der Waals surface area contributed by atoms with Crippen LogP contribution in [0.3, 0.4) is 0 Å². The first kappa shape index (κ1) is 17.2. The predicted molar refractivity (Wildman–Crippen MR) is 132 cm³/mol. The van der Waals surface area contributed by atoms with E-state index in [0.717, 1.165) is 0 Å². The molecule has 2 aromatic carbocycles. The molecule has 0 aliphatic heterocycles. The quantitative estimate of drug-likeness (QED) is 0.242. The summed E-state index contributed by atoms with van der Waals surface area (Å²) in [6, 6.07) is 13.9. The Morgan fingerprint density at radius 2 is 1.21 bits per heavy atom. The molecule has 0 N–H and O–H groups in total. The molecule has 4 heterocycles. The predicted octanol–water partition coefficient (Wildman–Crippen LogP) is 9.45. The van der Waals surface area contributed by atoms with E-state index in [1.165, 1.54) is 71.0 Å². The Morgan fingerprint density at radius 1 is 0.571 bits per heavy atom. The van der Waals surface area contributed by atoms with Crippen LogP contribution in [0.2, 0.25) is 0 Å². The van der Waals surface area contributed by atoms with Crippen LogP contribution in [0, 0.1) is 27.7 Å². The first-order valence-electron chi connectivity index (χ1n) is 9.36. The molecule has 0 radical (unpaired) electrons. The minimum Gasteiger partial charge on any atom is -0.140 e. The minimum absolute atomic E-state index is 1.36. The van der Waals surface area contributed by atoms with Crippen molar-refractivity contribution < 1.29 is 0 Å². The van der Waals surface area contributed by atoms with Crippen molar-refractivity contribution in [1.82, 2.24) is 0 Å². The van der Waals surface area contributed by atoms with Gasteiger partial charge in [-0.15, -0.1) is 45.3 Å². The lowest BCUT2D eigenvalue weighted by molar-refractivity contribution is 1.48. The highest BCUT2D eigenvalue weighted by Gasteiger charge is 2.18. The Morgan fingerprint density at radius 3 is 1.93 bits per heavy atom. The van der Waals surface area contributed by atoms with Crippen LogP contribution < -0.4 is 0 Å². The lowest BCUT2D eigenvalue weighted by Gasteiger charge is -2.01. The summed E-state index contributed by atoms with van der Waals surface area (Å²) in [4.78, 5) is 5.70. The monoisotopic (exact) mass is 434 g/mol. The maximum Gasteiger partial charge on any atom is 0.0493 e. The van der Waals surface area contributed by atoms with E-state index in [9.17, 15) is 0 Å². The number of aryl methyl sites for hydroxylation is 4. The Kier molecular flexibility index (Phi) is 3.61. The van der Waals surface area contributed by atoms with E-state index in [1.54, 1.807) is 0 Å². The van der Waals surface area contributed by atoms with Crippen LogP contribution in [0.4, 0.5) is 0 Å². The van der Waals surface area contributed by atoms with Gasteiger partial charge in [0.1, 0.15) is 0 Å². The van der Waals surface area contributed by atoms with Gasteiger partial charge in [-0.1, -0.05) is 24.3 Å². The molecule has 6 rings (SSSR count). The fraction of sp³-hybridized carbons (Fsp3) is 0.167. The topological polar surface area (TPSA) is 0 Å². The number of hydrogen-bond donors (Lipinski definition) is 0. The number of benzene rings is 2. The van der Waals surface area contributed by atoms with Crippen molar-refractivity contribution >= 4 is 85.7 Å². The van der Waals surface area contributed by atoms with Crippen LogP contribution in [0.25, 0.3) is 50.1 Å². The second-order valence-electron chi connectivity index (χ2n) is 7.53. The largest absolute Gasteiger partial charge is 0.140 e. The highest BCUT2D eigenvalue weighted by molar-refractivity contribution is 7.33. The zero-order valence-electron chi connectivity index (χ0n) is 16.1. The van der Waals surface area contributed by atoms with Gasteiger partial charge >= 0.3 is 0 Å². The van der Waals surface area contributed by atoms with Gasteiger partial charge in [0.05, 0.1) is 0 Å². The van der Waals surface area contributed by atoms with Crippen molar-refractivity contribution in [3.63, 3.8) is 0 Å². The smallest absolute Gasteiger partial charge is 0.0493 e. The van der Waals surface area contributed by atoms with Gasteiger partial charge in [0.15, 0.2) is 0 Å². The molecule has 28 heavy (non-hydrogen) atoms. The van der Waals surface area contributed by atoms with E-state index in [1.807, 2.05) is 45.3 Å². The lowest BCUT2D eigenvalue weighted by atomic mass is 10.1. The number of hydrogen-bond acceptors (Lipinski definition) is 4. The number of rotatable bonds is 1. The first-order chi connectivity index (χ1) is 13.5. The average Bonchev–Trinajstić information content (AvgIpc) is 3.40. The molecular weight excluding hydrogens is 417 g/mol. The molecule has 0 aliphatic rings. The van der Waals surface area contributed by atoms with E-state index in [0.29, 0.717) is 0 Å². The summed E-state index contributed by atoms with van der Waals surface area (Å²) in [6.07, 6.45) is 0. The zero-order chi connectivity index (χ0) is 19.2. The van der Waals surface area contributed by atoms with Gasteiger partial charge in [-0.05, 0) is 61.7 Å². The lowest BCUT2D eigenvalue weighted by Crippen LogP contribution is -1.72. The molecule has 0 atom stereocenters. The van der Waals surface area contributed by atoms with Crippen LogP contribution in [0.15, 0.2) is 36.4 Å². The van der Waals surface area contributed by atoms with Crippen molar-refractivity contribution in [1.29, 1.82) is 0 Å². The van der Waals surface area contributed by atoms with E-state index in [4.69, 9.17) is 0 Å². The Balaban J connectivity index is 1.64. The third-order valence-corrected chi connectivity index (χ3v) is 11.1. The van der Waals surface area contributed by atoms with Crippen molar-refractivity contribution in [2.45, 2.75) is 27.7 Å². The highest BCUT2D eigenvalue weighted by atomic mass is 32.1. The van der Waals surface area contributed by atoms with Crippen LogP contribution in [-0.2, 0) is 0 Å². The summed E-state index contributed by atoms with van der Waals surface area (Å²) in [5.41, 5.74) is 2.91. The minimum atomic E-state index is 1.36. The normalized spacial score (nSPS) is 12.3. The molecule has 0 aliphatic carbocycles. The number of thiophene rings is 4. The fourth-order valence-electron chi connectivity index (χ4n) is 4.13. The van der Waals surface area contributed by atoms with Crippen LogP contribution >= 0.6 is 45.3 Å². The van der Waals surface area contributed by atoms with Crippen LogP contribution in [0.5, 0.6) is 0 Å². The van der Waals surface area contributed by atoms with E-state index in [2.05, 4.69) is 64.1 Å². The maximum atomic E-state index is 2.40. The molecule has 6 aromatic rings. The molecule has 4 heteroatoms. The van der Waals surface area contributed by atoms with Crippen molar-refractivity contribution in [2.75, 3.05) is 0 Å². The molecule has 0 saturated heterocycles. The summed E-state index contributed by atoms with van der Waals surface area (Å²) in [6.45, 7) is 9.00. The van der Waals surface area contributed by atoms with Gasteiger partial charge in [-0.25, -0.2) is 0 Å². The van der Waals surface area contributed by atoms with Gasteiger partial charge in [0.25, 0.3) is 0 Å². The molecule has 0 fully saturated rings. The average molecular weight is 435 g/mol. The van der Waals surface area contributed by atoms with Gasteiger partial charge in [-0.2, -0.15) is 0 Å². The van der Waals surface area contributed by atoms with Gasteiger partial charge in [0.2, 0.25) is 0 Å². The molecule has 0 saturated carbocycles. The van der Waals surface area contributed by atoms with Crippen molar-refractivity contribution in [3.8, 4) is 9.75 Å². The van der Waals surface area contributed by atoms with Crippen molar-refractivity contribution in [2.24, 2.45) is 0 Å². The molecule has 0 amide bonds. The third-order valence-electron chi connectivity index (χ3n) is 5.72. The Bertz CT molecular complexity index is 1550. The summed E-state index contributed by atoms with van der Waals surface area (Å²) in [5, 5.41) is 5.52. The Labute approximate surface area is 179 Å².